The van der Waals surface area contributed by atoms with Crippen LogP contribution in [-0.2, 0) is 4.79 Å². The van der Waals surface area contributed by atoms with Crippen molar-refractivity contribution in [2.75, 3.05) is 44.2 Å². The van der Waals surface area contributed by atoms with Gasteiger partial charge in [-0.05, 0) is 49.2 Å². The number of piperazine rings is 1. The first-order valence-corrected chi connectivity index (χ1v) is 11.4. The third kappa shape index (κ3) is 4.77. The van der Waals surface area contributed by atoms with E-state index in [1.54, 1.807) is 0 Å². The number of aryl methyl sites for hydroxylation is 1. The molecular weight excluding hydrogens is 435 g/mol. The van der Waals surface area contributed by atoms with Crippen LogP contribution in [0.2, 0.25) is 10.0 Å². The third-order valence-corrected chi connectivity index (χ3v) is 6.55. The molecule has 166 valence electrons. The highest BCUT2D eigenvalue weighted by Crippen LogP contribution is 2.33. The number of nitrogens with one attached hydrogen (secondary N) is 2. The van der Waals surface area contributed by atoms with Gasteiger partial charge in [-0.2, -0.15) is 0 Å². The molecule has 0 radical (unpaired) electrons. The van der Waals surface area contributed by atoms with E-state index in [2.05, 4.69) is 22.7 Å². The lowest BCUT2D eigenvalue weighted by atomic mass is 9.93. The summed E-state index contributed by atoms with van der Waals surface area (Å²) in [5.74, 6) is 0.637. The van der Waals surface area contributed by atoms with Crippen LogP contribution in [0.1, 0.15) is 24.1 Å². The van der Waals surface area contributed by atoms with E-state index in [0.717, 1.165) is 29.4 Å². The van der Waals surface area contributed by atoms with Crippen molar-refractivity contribution in [3.05, 3.63) is 57.6 Å². The van der Waals surface area contributed by atoms with Gasteiger partial charge in [-0.1, -0.05) is 35.3 Å². The van der Waals surface area contributed by atoms with Crippen molar-refractivity contribution in [1.29, 1.82) is 0 Å². The van der Waals surface area contributed by atoms with Crippen LogP contribution in [0.4, 0.5) is 5.69 Å². The average Bonchev–Trinajstić information content (AvgIpc) is 3.26. The zero-order chi connectivity index (χ0) is 22.0. The van der Waals surface area contributed by atoms with E-state index in [4.69, 9.17) is 27.9 Å². The van der Waals surface area contributed by atoms with Gasteiger partial charge in [-0.15, -0.1) is 0 Å². The molecule has 2 aliphatic heterocycles. The first-order chi connectivity index (χ1) is 15.0. The zero-order valence-corrected chi connectivity index (χ0v) is 19.3. The van der Waals surface area contributed by atoms with Crippen LogP contribution >= 0.6 is 23.2 Å². The molecule has 2 aromatic rings. The second-order valence-corrected chi connectivity index (χ2v) is 8.82. The number of carbonyl (C=O) groups is 1. The lowest BCUT2D eigenvalue weighted by Crippen LogP contribution is -2.51. The number of amides is 1. The maximum atomic E-state index is 13.4. The zero-order valence-electron chi connectivity index (χ0n) is 17.8. The van der Waals surface area contributed by atoms with Gasteiger partial charge >= 0.3 is 0 Å². The summed E-state index contributed by atoms with van der Waals surface area (Å²) in [7, 11) is 0. The lowest BCUT2D eigenvalue weighted by molar-refractivity contribution is -0.135. The van der Waals surface area contributed by atoms with E-state index in [-0.39, 0.29) is 17.9 Å². The van der Waals surface area contributed by atoms with Crippen molar-refractivity contribution in [2.45, 2.75) is 19.9 Å². The SMILES string of the molecule is CCOc1ccc(C2NNCC2C(=O)N2CCN(c3cc(Cl)ccc3C)CC2)cc1Cl. The fraction of sp³-hybridized carbons (Fsp3) is 0.435. The van der Waals surface area contributed by atoms with Crippen LogP contribution < -0.4 is 20.5 Å². The van der Waals surface area contributed by atoms with Crippen LogP contribution in [-0.4, -0.2) is 50.1 Å². The molecule has 0 aromatic heterocycles. The smallest absolute Gasteiger partial charge is 0.229 e. The molecule has 0 saturated carbocycles. The Labute approximate surface area is 193 Å². The number of benzene rings is 2. The monoisotopic (exact) mass is 462 g/mol. The Kier molecular flexibility index (Phi) is 6.92. The van der Waals surface area contributed by atoms with Crippen LogP contribution in [0.25, 0.3) is 0 Å². The normalized spacial score (nSPS) is 21.4. The van der Waals surface area contributed by atoms with Gasteiger partial charge in [0.1, 0.15) is 5.75 Å². The molecule has 4 rings (SSSR count). The predicted molar refractivity (Wildman–Crippen MR) is 125 cm³/mol. The van der Waals surface area contributed by atoms with Gasteiger partial charge in [0, 0.05) is 43.4 Å². The van der Waals surface area contributed by atoms with Crippen LogP contribution in [0.15, 0.2) is 36.4 Å². The minimum absolute atomic E-state index is 0.131. The average molecular weight is 463 g/mol. The molecule has 0 bridgehead atoms. The van der Waals surface area contributed by atoms with Gasteiger partial charge in [0.25, 0.3) is 0 Å². The summed E-state index contributed by atoms with van der Waals surface area (Å²) >= 11 is 12.6. The van der Waals surface area contributed by atoms with Crippen LogP contribution in [0.3, 0.4) is 0 Å². The molecular formula is C23H28Cl2N4O2. The minimum atomic E-state index is -0.187. The molecule has 2 aromatic carbocycles. The summed E-state index contributed by atoms with van der Waals surface area (Å²) in [5, 5.41) is 1.30. The summed E-state index contributed by atoms with van der Waals surface area (Å²) in [6.45, 7) is 8.13. The topological polar surface area (TPSA) is 56.8 Å². The first-order valence-electron chi connectivity index (χ1n) is 10.7. The van der Waals surface area contributed by atoms with E-state index in [1.807, 2.05) is 48.2 Å². The Morgan fingerprint density at radius 2 is 1.90 bits per heavy atom. The van der Waals surface area contributed by atoms with Crippen LogP contribution in [0.5, 0.6) is 5.75 Å². The highest BCUT2D eigenvalue weighted by molar-refractivity contribution is 6.32. The number of nitrogens with zero attached hydrogens (tertiary/aromatic N) is 2. The van der Waals surface area contributed by atoms with E-state index in [0.29, 0.717) is 37.0 Å². The molecule has 0 aliphatic carbocycles. The second-order valence-electron chi connectivity index (χ2n) is 7.98. The lowest BCUT2D eigenvalue weighted by Gasteiger charge is -2.38. The molecule has 1 amide bonds. The number of hydrazine groups is 1. The number of rotatable bonds is 5. The Balaban J connectivity index is 1.42. The summed E-state index contributed by atoms with van der Waals surface area (Å²) < 4.78 is 5.53. The number of hydrogen-bond donors (Lipinski definition) is 2. The quantitative estimate of drug-likeness (QED) is 0.707. The standard InChI is InChI=1S/C23H28Cl2N4O2/c1-3-31-21-7-5-16(12-19(21)25)22-18(14-26-27-22)23(30)29-10-8-28(9-11-29)20-13-17(24)6-4-15(20)2/h4-7,12-13,18,22,26-27H,3,8-11,14H2,1-2H3. The molecule has 6 nitrogen and oxygen atoms in total. The highest BCUT2D eigenvalue weighted by atomic mass is 35.5. The third-order valence-electron chi connectivity index (χ3n) is 6.02. The molecule has 2 atom stereocenters. The van der Waals surface area contributed by atoms with Gasteiger partial charge in [0.05, 0.1) is 23.6 Å². The molecule has 2 saturated heterocycles. The molecule has 0 spiro atoms. The van der Waals surface area contributed by atoms with Gasteiger partial charge in [0.15, 0.2) is 0 Å². The molecule has 2 aliphatic rings. The van der Waals surface area contributed by atoms with Gasteiger partial charge in [0.2, 0.25) is 5.91 Å². The maximum absolute atomic E-state index is 13.4. The number of halogens is 2. The van der Waals surface area contributed by atoms with Crippen molar-refractivity contribution in [3.63, 3.8) is 0 Å². The van der Waals surface area contributed by atoms with Crippen LogP contribution in [0, 0.1) is 12.8 Å². The molecule has 2 fully saturated rings. The van der Waals surface area contributed by atoms with Crippen molar-refractivity contribution in [1.82, 2.24) is 15.8 Å². The summed E-state index contributed by atoms with van der Waals surface area (Å²) in [6, 6.07) is 11.6. The van der Waals surface area contributed by atoms with E-state index < -0.39 is 0 Å². The van der Waals surface area contributed by atoms with Crippen molar-refractivity contribution in [3.8, 4) is 5.75 Å². The largest absolute Gasteiger partial charge is 0.492 e. The summed E-state index contributed by atoms with van der Waals surface area (Å²) in [6.07, 6.45) is 0. The Morgan fingerprint density at radius 1 is 1.13 bits per heavy atom. The van der Waals surface area contributed by atoms with E-state index >= 15 is 0 Å². The molecule has 31 heavy (non-hydrogen) atoms. The van der Waals surface area contributed by atoms with Gasteiger partial charge < -0.3 is 14.5 Å². The molecule has 2 N–H and O–H groups in total. The van der Waals surface area contributed by atoms with Crippen molar-refractivity contribution < 1.29 is 9.53 Å². The second kappa shape index (κ2) is 9.65. The first kappa shape index (κ1) is 22.2. The van der Waals surface area contributed by atoms with Gasteiger partial charge in [-0.25, -0.2) is 5.43 Å². The Morgan fingerprint density at radius 3 is 2.61 bits per heavy atom. The number of hydrogen-bond acceptors (Lipinski definition) is 5. The van der Waals surface area contributed by atoms with Gasteiger partial charge in [-0.3, -0.25) is 10.2 Å². The molecule has 2 heterocycles. The number of carbonyl (C=O) groups excluding carboxylic acids is 1. The Bertz CT molecular complexity index is 947. The number of ether oxygens (including phenoxy) is 1. The predicted octanol–water partition coefficient (Wildman–Crippen LogP) is 3.81. The van der Waals surface area contributed by atoms with Crippen molar-refractivity contribution in [2.24, 2.45) is 5.92 Å². The fourth-order valence-electron chi connectivity index (χ4n) is 4.35. The van der Waals surface area contributed by atoms with E-state index in [1.165, 1.54) is 5.56 Å². The Hall–Kier alpha value is -1.99. The highest BCUT2D eigenvalue weighted by Gasteiger charge is 2.37. The fourth-order valence-corrected chi connectivity index (χ4v) is 4.76. The maximum Gasteiger partial charge on any atom is 0.229 e. The number of anilines is 1. The summed E-state index contributed by atoms with van der Waals surface area (Å²) in [4.78, 5) is 17.6. The molecule has 2 unspecified atom stereocenters. The van der Waals surface area contributed by atoms with E-state index in [9.17, 15) is 4.79 Å². The minimum Gasteiger partial charge on any atom is -0.492 e. The molecule has 8 heteroatoms. The van der Waals surface area contributed by atoms with Crippen molar-refractivity contribution >= 4 is 34.8 Å². The summed E-state index contributed by atoms with van der Waals surface area (Å²) in [5.41, 5.74) is 9.72.